The minimum Gasteiger partial charge on any atom is -0.485 e. The van der Waals surface area contributed by atoms with Gasteiger partial charge < -0.3 is 10.5 Å². The standard InChI is InChI=1S/C18H20BrNO/c1-11(2)12-3-5-13(6-4-12)17-10-16(20)15-8-7-14(19)9-18(15)21-17/h3-9,11,16-17H,10,20H2,1-2H3. The van der Waals surface area contributed by atoms with E-state index in [-0.39, 0.29) is 12.1 Å². The Kier molecular flexibility index (Phi) is 4.05. The second-order valence-electron chi connectivity index (χ2n) is 5.95. The molecule has 0 fully saturated rings. The minimum atomic E-state index is 0.0247. The quantitative estimate of drug-likeness (QED) is 0.821. The normalized spacial score (nSPS) is 21.0. The van der Waals surface area contributed by atoms with E-state index in [9.17, 15) is 0 Å². The zero-order chi connectivity index (χ0) is 15.0. The summed E-state index contributed by atoms with van der Waals surface area (Å²) >= 11 is 3.49. The van der Waals surface area contributed by atoms with Crippen molar-refractivity contribution < 1.29 is 4.74 Å². The van der Waals surface area contributed by atoms with Gasteiger partial charge in [-0.25, -0.2) is 0 Å². The first-order chi connectivity index (χ1) is 10.0. The van der Waals surface area contributed by atoms with E-state index in [0.29, 0.717) is 5.92 Å². The second kappa shape index (κ2) is 5.82. The lowest BCUT2D eigenvalue weighted by Gasteiger charge is -2.31. The van der Waals surface area contributed by atoms with Gasteiger partial charge in [-0.2, -0.15) is 0 Å². The van der Waals surface area contributed by atoms with E-state index >= 15 is 0 Å². The lowest BCUT2D eigenvalue weighted by atomic mass is 9.92. The van der Waals surface area contributed by atoms with Crippen molar-refractivity contribution in [2.45, 2.75) is 38.3 Å². The molecule has 3 heteroatoms. The van der Waals surface area contributed by atoms with Crippen LogP contribution < -0.4 is 10.5 Å². The molecular formula is C18H20BrNO. The number of fused-ring (bicyclic) bond motifs is 1. The molecule has 2 N–H and O–H groups in total. The molecule has 21 heavy (non-hydrogen) atoms. The van der Waals surface area contributed by atoms with Crippen molar-refractivity contribution in [3.05, 3.63) is 63.6 Å². The molecule has 2 aromatic carbocycles. The van der Waals surface area contributed by atoms with E-state index in [1.54, 1.807) is 0 Å². The van der Waals surface area contributed by atoms with Crippen LogP contribution in [0.15, 0.2) is 46.9 Å². The lowest BCUT2D eigenvalue weighted by molar-refractivity contribution is 0.161. The highest BCUT2D eigenvalue weighted by Crippen LogP contribution is 2.40. The highest BCUT2D eigenvalue weighted by molar-refractivity contribution is 9.10. The molecule has 0 aliphatic carbocycles. The summed E-state index contributed by atoms with van der Waals surface area (Å²) in [6.07, 6.45) is 0.846. The van der Waals surface area contributed by atoms with Crippen LogP contribution in [0.1, 0.15) is 55.0 Å². The molecule has 0 bridgehead atoms. The van der Waals surface area contributed by atoms with Gasteiger partial charge in [0.2, 0.25) is 0 Å². The van der Waals surface area contributed by atoms with Gasteiger partial charge in [0.1, 0.15) is 11.9 Å². The third-order valence-electron chi connectivity index (χ3n) is 4.09. The van der Waals surface area contributed by atoms with Crippen molar-refractivity contribution in [1.29, 1.82) is 0 Å². The first-order valence-electron chi connectivity index (χ1n) is 7.36. The average molecular weight is 346 g/mol. The van der Waals surface area contributed by atoms with Gasteiger partial charge in [0.05, 0.1) is 0 Å². The first-order valence-corrected chi connectivity index (χ1v) is 8.15. The Balaban J connectivity index is 1.88. The molecule has 2 atom stereocenters. The van der Waals surface area contributed by atoms with Crippen LogP contribution in [0.3, 0.4) is 0 Å². The fourth-order valence-electron chi connectivity index (χ4n) is 2.78. The minimum absolute atomic E-state index is 0.0247. The molecule has 3 rings (SSSR count). The van der Waals surface area contributed by atoms with Crippen molar-refractivity contribution in [1.82, 2.24) is 0 Å². The molecule has 1 aliphatic rings. The molecule has 0 saturated heterocycles. The summed E-state index contributed by atoms with van der Waals surface area (Å²) in [5.41, 5.74) is 9.94. The van der Waals surface area contributed by atoms with Crippen LogP contribution in [0, 0.1) is 0 Å². The summed E-state index contributed by atoms with van der Waals surface area (Å²) in [6.45, 7) is 4.41. The molecule has 110 valence electrons. The van der Waals surface area contributed by atoms with E-state index < -0.39 is 0 Å². The monoisotopic (exact) mass is 345 g/mol. The zero-order valence-electron chi connectivity index (χ0n) is 12.3. The van der Waals surface area contributed by atoms with Gasteiger partial charge in [-0.1, -0.05) is 60.1 Å². The van der Waals surface area contributed by atoms with Crippen LogP contribution in [0.4, 0.5) is 0 Å². The molecule has 2 unspecified atom stereocenters. The number of benzene rings is 2. The van der Waals surface area contributed by atoms with Gasteiger partial charge in [0.25, 0.3) is 0 Å². The number of halogens is 1. The summed E-state index contributed by atoms with van der Waals surface area (Å²) in [6, 6.07) is 14.8. The molecular weight excluding hydrogens is 326 g/mol. The Bertz CT molecular complexity index is 636. The van der Waals surface area contributed by atoms with Crippen LogP contribution in [0.25, 0.3) is 0 Å². The van der Waals surface area contributed by atoms with E-state index in [1.807, 2.05) is 18.2 Å². The molecule has 2 nitrogen and oxygen atoms in total. The van der Waals surface area contributed by atoms with E-state index in [0.717, 1.165) is 22.2 Å². The second-order valence-corrected chi connectivity index (χ2v) is 6.87. The highest BCUT2D eigenvalue weighted by Gasteiger charge is 2.27. The molecule has 0 aromatic heterocycles. The Labute approximate surface area is 134 Å². The van der Waals surface area contributed by atoms with Crippen molar-refractivity contribution in [3.63, 3.8) is 0 Å². The third-order valence-corrected chi connectivity index (χ3v) is 4.58. The molecule has 1 heterocycles. The summed E-state index contributed by atoms with van der Waals surface area (Å²) in [5, 5.41) is 0. The van der Waals surface area contributed by atoms with Crippen LogP contribution in [0.2, 0.25) is 0 Å². The van der Waals surface area contributed by atoms with Gasteiger partial charge in [0.15, 0.2) is 0 Å². The first kappa shape index (κ1) is 14.6. The number of nitrogens with two attached hydrogens (primary N) is 1. The summed E-state index contributed by atoms with van der Waals surface area (Å²) in [7, 11) is 0. The Hall–Kier alpha value is -1.32. The largest absolute Gasteiger partial charge is 0.485 e. The average Bonchev–Trinajstić information content (AvgIpc) is 2.46. The van der Waals surface area contributed by atoms with Gasteiger partial charge in [0, 0.05) is 22.5 Å². The predicted molar refractivity (Wildman–Crippen MR) is 89.6 cm³/mol. The number of rotatable bonds is 2. The molecule has 0 spiro atoms. The van der Waals surface area contributed by atoms with Crippen molar-refractivity contribution in [3.8, 4) is 5.75 Å². The lowest BCUT2D eigenvalue weighted by Crippen LogP contribution is -2.24. The molecule has 0 amide bonds. The fourth-order valence-corrected chi connectivity index (χ4v) is 3.12. The van der Waals surface area contributed by atoms with Crippen LogP contribution in [-0.2, 0) is 0 Å². The fraction of sp³-hybridized carbons (Fsp3) is 0.333. The topological polar surface area (TPSA) is 35.2 Å². The maximum Gasteiger partial charge on any atom is 0.126 e. The van der Waals surface area contributed by atoms with Crippen molar-refractivity contribution >= 4 is 15.9 Å². The van der Waals surface area contributed by atoms with Crippen LogP contribution >= 0.6 is 15.9 Å². The Morgan fingerprint density at radius 3 is 2.52 bits per heavy atom. The maximum absolute atomic E-state index is 6.31. The van der Waals surface area contributed by atoms with E-state index in [4.69, 9.17) is 10.5 Å². The van der Waals surface area contributed by atoms with Crippen LogP contribution in [-0.4, -0.2) is 0 Å². The number of hydrogen-bond donors (Lipinski definition) is 1. The Morgan fingerprint density at radius 1 is 1.14 bits per heavy atom. The maximum atomic E-state index is 6.31. The van der Waals surface area contributed by atoms with Gasteiger partial charge >= 0.3 is 0 Å². The van der Waals surface area contributed by atoms with Crippen LogP contribution in [0.5, 0.6) is 5.75 Å². The van der Waals surface area contributed by atoms with E-state index in [1.165, 1.54) is 11.1 Å². The van der Waals surface area contributed by atoms with Gasteiger partial charge in [-0.15, -0.1) is 0 Å². The van der Waals surface area contributed by atoms with Crippen molar-refractivity contribution in [2.24, 2.45) is 5.73 Å². The Morgan fingerprint density at radius 2 is 1.86 bits per heavy atom. The molecule has 2 aromatic rings. The molecule has 1 aliphatic heterocycles. The third kappa shape index (κ3) is 2.99. The highest BCUT2D eigenvalue weighted by atomic mass is 79.9. The van der Waals surface area contributed by atoms with E-state index in [2.05, 4.69) is 54.0 Å². The van der Waals surface area contributed by atoms with Gasteiger partial charge in [-0.3, -0.25) is 0 Å². The smallest absolute Gasteiger partial charge is 0.126 e. The summed E-state index contributed by atoms with van der Waals surface area (Å²) < 4.78 is 7.18. The molecule has 0 radical (unpaired) electrons. The number of ether oxygens (including phenoxy) is 1. The van der Waals surface area contributed by atoms with Gasteiger partial charge in [-0.05, 0) is 29.2 Å². The SMILES string of the molecule is CC(C)c1ccc(C2CC(N)c3ccc(Br)cc3O2)cc1. The summed E-state index contributed by atoms with van der Waals surface area (Å²) in [4.78, 5) is 0. The zero-order valence-corrected chi connectivity index (χ0v) is 13.9. The summed E-state index contributed by atoms with van der Waals surface area (Å²) in [5.74, 6) is 1.44. The van der Waals surface area contributed by atoms with Crippen molar-refractivity contribution in [2.75, 3.05) is 0 Å². The number of hydrogen-bond acceptors (Lipinski definition) is 2. The predicted octanol–water partition coefficient (Wildman–Crippen LogP) is 5.10. The molecule has 0 saturated carbocycles.